The number of hydrogen-bond acceptors (Lipinski definition) is 4. The van der Waals surface area contributed by atoms with Crippen LogP contribution in [0.25, 0.3) is 0 Å². The maximum atomic E-state index is 12.5. The molecule has 0 bridgehead atoms. The molecule has 2 heterocycles. The van der Waals surface area contributed by atoms with Gasteiger partial charge in [-0.15, -0.1) is 0 Å². The number of likely N-dealkylation sites (tertiary alicyclic amines) is 1. The highest BCUT2D eigenvalue weighted by Gasteiger charge is 2.30. The third kappa shape index (κ3) is 3.82. The Hall–Kier alpha value is -2.21. The van der Waals surface area contributed by atoms with Crippen molar-refractivity contribution in [2.45, 2.75) is 39.3 Å². The SMILES string of the molecule is Cc1nc(C)n(CC(=O)N2CC[C@H](Cc3ccccc3)[C@H](O)C2)n1. The Morgan fingerprint density at radius 2 is 2.04 bits per heavy atom. The van der Waals surface area contributed by atoms with Gasteiger partial charge in [-0.25, -0.2) is 9.67 Å². The van der Waals surface area contributed by atoms with Crippen LogP contribution in [0.15, 0.2) is 30.3 Å². The lowest BCUT2D eigenvalue weighted by molar-refractivity contribution is -0.136. The van der Waals surface area contributed by atoms with Crippen molar-refractivity contribution in [1.29, 1.82) is 0 Å². The van der Waals surface area contributed by atoms with E-state index in [1.165, 1.54) is 5.56 Å². The molecule has 2 aromatic rings. The first kappa shape index (κ1) is 16.6. The predicted octanol–water partition coefficient (Wildman–Crippen LogP) is 1.35. The van der Waals surface area contributed by atoms with E-state index in [9.17, 15) is 9.90 Å². The summed E-state index contributed by atoms with van der Waals surface area (Å²) in [5.74, 6) is 1.59. The summed E-state index contributed by atoms with van der Waals surface area (Å²) >= 11 is 0. The van der Waals surface area contributed by atoms with Crippen molar-refractivity contribution in [1.82, 2.24) is 19.7 Å². The second-order valence-electron chi connectivity index (χ2n) is 6.51. The topological polar surface area (TPSA) is 71.2 Å². The third-order valence-corrected chi connectivity index (χ3v) is 4.66. The highest BCUT2D eigenvalue weighted by atomic mass is 16.3. The fourth-order valence-corrected chi connectivity index (χ4v) is 3.30. The van der Waals surface area contributed by atoms with Gasteiger partial charge in [-0.2, -0.15) is 5.10 Å². The normalized spacial score (nSPS) is 21.0. The van der Waals surface area contributed by atoms with Crippen molar-refractivity contribution >= 4 is 5.91 Å². The van der Waals surface area contributed by atoms with Gasteiger partial charge in [0, 0.05) is 13.1 Å². The number of β-amino-alcohol motifs (C(OH)–C–C–N with tert-alkyl or cyclic N) is 1. The molecule has 0 spiro atoms. The molecule has 0 saturated carbocycles. The molecule has 6 heteroatoms. The van der Waals surface area contributed by atoms with Crippen LogP contribution in [0.4, 0.5) is 0 Å². The van der Waals surface area contributed by atoms with Gasteiger partial charge in [-0.05, 0) is 38.2 Å². The number of nitrogens with zero attached hydrogens (tertiary/aromatic N) is 4. The van der Waals surface area contributed by atoms with Gasteiger partial charge >= 0.3 is 0 Å². The number of benzene rings is 1. The molecule has 1 aliphatic heterocycles. The monoisotopic (exact) mass is 328 g/mol. The summed E-state index contributed by atoms with van der Waals surface area (Å²) in [6.07, 6.45) is 1.18. The number of aliphatic hydroxyl groups is 1. The Kier molecular flexibility index (Phi) is 4.94. The average Bonchev–Trinajstić information content (AvgIpc) is 2.87. The Labute approximate surface area is 142 Å². The first-order valence-corrected chi connectivity index (χ1v) is 8.40. The van der Waals surface area contributed by atoms with Crippen molar-refractivity contribution in [3.8, 4) is 0 Å². The minimum atomic E-state index is -0.485. The summed E-state index contributed by atoms with van der Waals surface area (Å²) in [6.45, 7) is 4.91. The Bertz CT molecular complexity index is 698. The second kappa shape index (κ2) is 7.13. The molecule has 0 unspecified atom stereocenters. The molecule has 1 amide bonds. The maximum absolute atomic E-state index is 12.5. The minimum Gasteiger partial charge on any atom is -0.391 e. The lowest BCUT2D eigenvalue weighted by Gasteiger charge is -2.36. The Balaban J connectivity index is 1.56. The van der Waals surface area contributed by atoms with Crippen molar-refractivity contribution in [2.24, 2.45) is 5.92 Å². The summed E-state index contributed by atoms with van der Waals surface area (Å²) < 4.78 is 1.63. The van der Waals surface area contributed by atoms with Crippen molar-refractivity contribution in [3.05, 3.63) is 47.5 Å². The van der Waals surface area contributed by atoms with Gasteiger partial charge < -0.3 is 10.0 Å². The van der Waals surface area contributed by atoms with Crippen LogP contribution >= 0.6 is 0 Å². The zero-order chi connectivity index (χ0) is 17.1. The number of amides is 1. The molecule has 2 atom stereocenters. The second-order valence-corrected chi connectivity index (χ2v) is 6.51. The van der Waals surface area contributed by atoms with Crippen LogP contribution in [0, 0.1) is 19.8 Å². The van der Waals surface area contributed by atoms with Crippen LogP contribution in [0.3, 0.4) is 0 Å². The number of carbonyl (C=O) groups is 1. The summed E-state index contributed by atoms with van der Waals surface area (Å²) in [6, 6.07) is 10.2. The van der Waals surface area contributed by atoms with Gasteiger partial charge in [0.25, 0.3) is 0 Å². The summed E-state index contributed by atoms with van der Waals surface area (Å²) in [5, 5.41) is 14.7. The minimum absolute atomic E-state index is 0.0137. The van der Waals surface area contributed by atoms with Crippen LogP contribution in [-0.2, 0) is 17.8 Å². The first-order chi connectivity index (χ1) is 11.5. The zero-order valence-electron chi connectivity index (χ0n) is 14.2. The Morgan fingerprint density at radius 3 is 2.67 bits per heavy atom. The molecule has 6 nitrogen and oxygen atoms in total. The molecule has 1 aliphatic rings. The van der Waals surface area contributed by atoms with E-state index in [1.54, 1.807) is 9.58 Å². The van der Waals surface area contributed by atoms with Crippen LogP contribution < -0.4 is 0 Å². The molecular weight excluding hydrogens is 304 g/mol. The summed E-state index contributed by atoms with van der Waals surface area (Å²) in [7, 11) is 0. The van der Waals surface area contributed by atoms with E-state index in [-0.39, 0.29) is 18.4 Å². The first-order valence-electron chi connectivity index (χ1n) is 8.40. The average molecular weight is 328 g/mol. The third-order valence-electron chi connectivity index (χ3n) is 4.66. The number of hydrogen-bond donors (Lipinski definition) is 1. The maximum Gasteiger partial charge on any atom is 0.244 e. The highest BCUT2D eigenvalue weighted by Crippen LogP contribution is 2.22. The predicted molar refractivity (Wildman–Crippen MR) is 90.3 cm³/mol. The number of piperidine rings is 1. The van der Waals surface area contributed by atoms with Gasteiger partial charge in [-0.3, -0.25) is 4.79 Å². The van der Waals surface area contributed by atoms with Crippen molar-refractivity contribution in [3.63, 3.8) is 0 Å². The molecule has 0 radical (unpaired) electrons. The molecule has 1 fully saturated rings. The van der Waals surface area contributed by atoms with E-state index in [4.69, 9.17) is 0 Å². The largest absolute Gasteiger partial charge is 0.391 e. The van der Waals surface area contributed by atoms with Gasteiger partial charge in [-0.1, -0.05) is 30.3 Å². The Morgan fingerprint density at radius 1 is 1.29 bits per heavy atom. The van der Waals surface area contributed by atoms with Crippen LogP contribution in [0.2, 0.25) is 0 Å². The fraction of sp³-hybridized carbons (Fsp3) is 0.500. The van der Waals surface area contributed by atoms with Crippen LogP contribution in [0.1, 0.15) is 23.6 Å². The lowest BCUT2D eigenvalue weighted by atomic mass is 9.88. The molecule has 1 saturated heterocycles. The van der Waals surface area contributed by atoms with E-state index in [0.717, 1.165) is 18.7 Å². The number of aromatic nitrogens is 3. The van der Waals surface area contributed by atoms with E-state index >= 15 is 0 Å². The number of aryl methyl sites for hydroxylation is 2. The molecule has 1 N–H and O–H groups in total. The molecule has 0 aliphatic carbocycles. The molecule has 3 rings (SSSR count). The van der Waals surface area contributed by atoms with Gasteiger partial charge in [0.05, 0.1) is 6.10 Å². The van der Waals surface area contributed by atoms with Gasteiger partial charge in [0.2, 0.25) is 5.91 Å². The van der Waals surface area contributed by atoms with Crippen molar-refractivity contribution in [2.75, 3.05) is 13.1 Å². The van der Waals surface area contributed by atoms with Crippen molar-refractivity contribution < 1.29 is 9.90 Å². The summed E-state index contributed by atoms with van der Waals surface area (Å²) in [5.41, 5.74) is 1.23. The van der Waals surface area contributed by atoms with Gasteiger partial charge in [0.15, 0.2) is 0 Å². The smallest absolute Gasteiger partial charge is 0.244 e. The van der Waals surface area contributed by atoms with Crippen LogP contribution in [0.5, 0.6) is 0 Å². The van der Waals surface area contributed by atoms with E-state index in [2.05, 4.69) is 22.2 Å². The van der Waals surface area contributed by atoms with E-state index < -0.39 is 6.10 Å². The zero-order valence-corrected chi connectivity index (χ0v) is 14.2. The number of aliphatic hydroxyl groups excluding tert-OH is 1. The van der Waals surface area contributed by atoms with Gasteiger partial charge in [0.1, 0.15) is 18.2 Å². The molecule has 1 aromatic carbocycles. The lowest BCUT2D eigenvalue weighted by Crippen LogP contribution is -2.48. The highest BCUT2D eigenvalue weighted by molar-refractivity contribution is 5.76. The van der Waals surface area contributed by atoms with E-state index in [0.29, 0.717) is 18.9 Å². The quantitative estimate of drug-likeness (QED) is 0.919. The standard InChI is InChI=1S/C18H24N4O2/c1-13-19-14(2)22(20-13)12-18(24)21-9-8-16(17(23)11-21)10-15-6-4-3-5-7-15/h3-7,16-17,23H,8-12H2,1-2H3/t16-,17-/m1/s1. The molecule has 24 heavy (non-hydrogen) atoms. The molecule has 128 valence electrons. The molecular formula is C18H24N4O2. The summed E-state index contributed by atoms with van der Waals surface area (Å²) in [4.78, 5) is 18.4. The van der Waals surface area contributed by atoms with E-state index in [1.807, 2.05) is 32.0 Å². The number of carbonyl (C=O) groups excluding carboxylic acids is 1. The molecule has 1 aromatic heterocycles. The fourth-order valence-electron chi connectivity index (χ4n) is 3.30. The van der Waals surface area contributed by atoms with Crippen LogP contribution in [-0.4, -0.2) is 49.9 Å². The number of rotatable bonds is 4.